The molecule has 6 aliphatic rings. The molecule has 20 heteroatoms. The molecule has 62 heavy (non-hydrogen) atoms. The first-order valence-corrected chi connectivity index (χ1v) is 22.8. The number of amides is 4. The smallest absolute Gasteiger partial charge is 0.408 e. The average Bonchev–Trinajstić information content (AvgIpc) is 4.15. The van der Waals surface area contributed by atoms with E-state index in [-0.39, 0.29) is 36.2 Å². The van der Waals surface area contributed by atoms with Gasteiger partial charge < -0.3 is 29.7 Å². The van der Waals surface area contributed by atoms with Crippen molar-refractivity contribution in [1.82, 2.24) is 30.2 Å². The minimum absolute atomic E-state index is 0.0595. The molecular weight excluding hydrogens is 841 g/mol. The molecule has 1 aromatic heterocycles. The largest absolute Gasteiger partial charge is 0.497 e. The van der Waals surface area contributed by atoms with Crippen LogP contribution in [-0.4, -0.2) is 102 Å². The summed E-state index contributed by atoms with van der Waals surface area (Å²) in [5, 5.41) is 5.12. The lowest BCUT2D eigenvalue weighted by Gasteiger charge is -2.36. The van der Waals surface area contributed by atoms with Gasteiger partial charge in [-0.25, -0.2) is 32.0 Å². The summed E-state index contributed by atoms with van der Waals surface area (Å²) < 4.78 is 106. The van der Waals surface area contributed by atoms with E-state index in [0.29, 0.717) is 36.8 Å². The number of nitrogens with zero attached hydrogens (tertiary/aromatic N) is 3. The van der Waals surface area contributed by atoms with Crippen molar-refractivity contribution in [3.8, 4) is 11.6 Å². The predicted molar refractivity (Wildman–Crippen MR) is 214 cm³/mol. The van der Waals surface area contributed by atoms with Crippen molar-refractivity contribution in [2.75, 3.05) is 13.7 Å². The molecule has 8 rings (SSSR count). The lowest BCUT2D eigenvalue weighted by Crippen LogP contribution is -2.61. The standard InChI is InChI=1S/C42H54F4N6O9S/c1-20-29-19-52(30(20)34(53)50-41(18-25(41)33(43)44)37(55)51-62(57,58)40(5)13-14-40)36(54)32(39(2,3)4)49-38(56)61-28-16-21-15-24(21)23(28)9-7-8-12-42(45,46)31-35(60-29)48-27-17-22(59-6)10-11-26(27)47-31/h10-11,17,20-21,23-25,28-30,32-33H,7-9,12-16,18-19H2,1-6H3,(H,49,56)(H,50,53)(H,51,55)/t20-,21+,23-,24+,25?,28-,29+,30+,32-,41-/m1/s1. The predicted octanol–water partition coefficient (Wildman–Crippen LogP) is 5.20. The molecule has 1 unspecified atom stereocenters. The van der Waals surface area contributed by atoms with Crippen LogP contribution in [0.3, 0.4) is 0 Å². The van der Waals surface area contributed by atoms with Crippen molar-refractivity contribution in [2.45, 2.75) is 139 Å². The van der Waals surface area contributed by atoms with Crippen molar-refractivity contribution >= 4 is 44.9 Å². The summed E-state index contributed by atoms with van der Waals surface area (Å²) in [7, 11) is -2.89. The van der Waals surface area contributed by atoms with E-state index in [2.05, 4.69) is 20.6 Å². The Morgan fingerprint density at radius 1 is 1.02 bits per heavy atom. The highest BCUT2D eigenvalue weighted by molar-refractivity contribution is 7.91. The SMILES string of the molecule is COc1ccc2nc3c(nc2c1)O[C@H]1CN(C(=O)[C@H](C(C)(C)C)NC(=O)O[C@@H]2C[C@@H]4C[C@@H]4[C@H]2CCCCC3(F)F)[C@H](C(=O)N[C@]2(C(=O)NS(=O)(=O)C3(C)CC3)CC2C(F)F)[C@@H]1C. The molecule has 4 saturated carbocycles. The van der Waals surface area contributed by atoms with Crippen LogP contribution in [0.1, 0.15) is 98.1 Å². The second-order valence-corrected chi connectivity index (χ2v) is 21.8. The fourth-order valence-electron chi connectivity index (χ4n) is 9.75. The Bertz CT molecular complexity index is 2270. The molecule has 15 nitrogen and oxygen atoms in total. The summed E-state index contributed by atoms with van der Waals surface area (Å²) in [6.07, 6.45) is -3.85. The van der Waals surface area contributed by atoms with Gasteiger partial charge in [0.2, 0.25) is 34.1 Å². The number of hydrogen-bond donors (Lipinski definition) is 3. The first-order valence-electron chi connectivity index (χ1n) is 21.3. The third kappa shape index (κ3) is 8.01. The Balaban J connectivity index is 1.18. The molecule has 2 aliphatic heterocycles. The first kappa shape index (κ1) is 44.1. The van der Waals surface area contributed by atoms with Crippen LogP contribution >= 0.6 is 0 Å². The van der Waals surface area contributed by atoms with Crippen LogP contribution in [0.2, 0.25) is 0 Å². The Labute approximate surface area is 357 Å². The van der Waals surface area contributed by atoms with Crippen LogP contribution in [-0.2, 0) is 35.1 Å². The van der Waals surface area contributed by atoms with Crippen LogP contribution in [0.25, 0.3) is 11.0 Å². The van der Waals surface area contributed by atoms with Gasteiger partial charge in [0.25, 0.3) is 11.8 Å². The van der Waals surface area contributed by atoms with Gasteiger partial charge in [0.15, 0.2) is 5.69 Å². The quantitative estimate of drug-likeness (QED) is 0.309. The Kier molecular flexibility index (Phi) is 10.9. The summed E-state index contributed by atoms with van der Waals surface area (Å²) in [5.74, 6) is -9.27. The minimum atomic E-state index is -4.31. The maximum absolute atomic E-state index is 16.5. The van der Waals surface area contributed by atoms with Gasteiger partial charge in [0.1, 0.15) is 35.6 Å². The third-order valence-corrected chi connectivity index (χ3v) is 16.3. The van der Waals surface area contributed by atoms with E-state index in [1.54, 1.807) is 26.8 Å². The first-order chi connectivity index (χ1) is 29.0. The van der Waals surface area contributed by atoms with Crippen molar-refractivity contribution in [1.29, 1.82) is 0 Å². The van der Waals surface area contributed by atoms with Crippen LogP contribution in [0.5, 0.6) is 11.6 Å². The second-order valence-electron chi connectivity index (χ2n) is 19.6. The van der Waals surface area contributed by atoms with Gasteiger partial charge in [0.05, 0.1) is 35.4 Å². The van der Waals surface area contributed by atoms with Gasteiger partial charge in [-0.3, -0.25) is 19.1 Å². The summed E-state index contributed by atoms with van der Waals surface area (Å²) in [4.78, 5) is 66.8. The number of nitrogens with one attached hydrogen (secondary N) is 3. The van der Waals surface area contributed by atoms with Crippen molar-refractivity contribution in [3.05, 3.63) is 23.9 Å². The highest BCUT2D eigenvalue weighted by Crippen LogP contribution is 2.58. The Morgan fingerprint density at radius 3 is 2.39 bits per heavy atom. The maximum atomic E-state index is 16.5. The number of aromatic nitrogens is 2. The molecule has 1 aromatic carbocycles. The summed E-state index contributed by atoms with van der Waals surface area (Å²) in [6.45, 7) is 7.50. The fourth-order valence-corrected chi connectivity index (χ4v) is 11.1. The molecule has 10 atom stereocenters. The van der Waals surface area contributed by atoms with E-state index in [9.17, 15) is 36.4 Å². The topological polar surface area (TPSA) is 195 Å². The molecular formula is C42H54F4N6O9S. The van der Waals surface area contributed by atoms with Crippen LogP contribution in [0, 0.1) is 35.0 Å². The molecule has 3 heterocycles. The zero-order chi connectivity index (χ0) is 44.9. The number of sulfonamides is 1. The highest BCUT2D eigenvalue weighted by atomic mass is 32.2. The number of methoxy groups -OCH3 is 1. The molecule has 0 spiro atoms. The number of carbonyl (C=O) groups excluding carboxylic acids is 4. The van der Waals surface area contributed by atoms with Gasteiger partial charge in [-0.1, -0.05) is 34.1 Å². The van der Waals surface area contributed by atoms with E-state index in [0.717, 1.165) is 11.3 Å². The van der Waals surface area contributed by atoms with E-state index in [4.69, 9.17) is 14.2 Å². The van der Waals surface area contributed by atoms with Crippen molar-refractivity contribution in [3.63, 3.8) is 0 Å². The van der Waals surface area contributed by atoms with Gasteiger partial charge in [-0.15, -0.1) is 0 Å². The van der Waals surface area contributed by atoms with Crippen LogP contribution in [0.15, 0.2) is 18.2 Å². The lowest BCUT2D eigenvalue weighted by atomic mass is 9.85. The lowest BCUT2D eigenvalue weighted by molar-refractivity contribution is -0.143. The number of hydrogen-bond acceptors (Lipinski definition) is 11. The highest BCUT2D eigenvalue weighted by Gasteiger charge is 2.68. The molecule has 4 aliphatic carbocycles. The Morgan fingerprint density at radius 2 is 1.74 bits per heavy atom. The number of fused-ring (bicyclic) bond motifs is 7. The summed E-state index contributed by atoms with van der Waals surface area (Å²) >= 11 is 0. The molecule has 5 fully saturated rings. The van der Waals surface area contributed by atoms with E-state index in [1.165, 1.54) is 33.1 Å². The van der Waals surface area contributed by atoms with Gasteiger partial charge in [-0.2, -0.15) is 8.78 Å². The van der Waals surface area contributed by atoms with Gasteiger partial charge in [0, 0.05) is 18.4 Å². The number of alkyl carbamates (subject to hydrolysis) is 1. The van der Waals surface area contributed by atoms with E-state index < -0.39 is 129 Å². The number of benzene rings is 1. The van der Waals surface area contributed by atoms with Crippen LogP contribution in [0.4, 0.5) is 22.4 Å². The van der Waals surface area contributed by atoms with E-state index >= 15 is 8.78 Å². The molecule has 2 bridgehead atoms. The van der Waals surface area contributed by atoms with Gasteiger partial charge >= 0.3 is 6.09 Å². The molecule has 340 valence electrons. The fraction of sp³-hybridized carbons (Fsp3) is 0.714. The van der Waals surface area contributed by atoms with Crippen molar-refractivity contribution < 1.29 is 59.4 Å². The molecule has 3 N–H and O–H groups in total. The zero-order valence-electron chi connectivity index (χ0n) is 35.5. The van der Waals surface area contributed by atoms with Gasteiger partial charge in [-0.05, 0) is 87.2 Å². The molecule has 1 saturated heterocycles. The monoisotopic (exact) mass is 894 g/mol. The summed E-state index contributed by atoms with van der Waals surface area (Å²) in [6, 6.07) is 1.58. The maximum Gasteiger partial charge on any atom is 0.408 e. The molecule has 4 amide bonds. The average molecular weight is 895 g/mol. The number of halogens is 4. The number of carbonyl (C=O) groups is 4. The second kappa shape index (κ2) is 15.3. The Hall–Kier alpha value is -4.49. The van der Waals surface area contributed by atoms with Crippen LogP contribution < -0.4 is 24.8 Å². The zero-order valence-corrected chi connectivity index (χ0v) is 36.3. The van der Waals surface area contributed by atoms with Crippen molar-refractivity contribution in [2.24, 2.45) is 35.0 Å². The number of alkyl halides is 4. The normalized spacial score (nSPS) is 34.0. The number of rotatable bonds is 7. The number of ether oxygens (including phenoxy) is 3. The summed E-state index contributed by atoms with van der Waals surface area (Å²) in [5.41, 5.74) is -3.83. The molecule has 0 radical (unpaired) electrons. The minimum Gasteiger partial charge on any atom is -0.497 e. The van der Waals surface area contributed by atoms with E-state index in [1.807, 2.05) is 4.72 Å². The third-order valence-electron chi connectivity index (χ3n) is 14.1. The molecule has 2 aromatic rings.